The van der Waals surface area contributed by atoms with Crippen LogP contribution in [-0.2, 0) is 27.3 Å². The molecule has 2 aromatic heterocycles. The largest absolute Gasteiger partial charge is 0.465 e. The molecule has 0 unspecified atom stereocenters. The SMILES string of the molecule is COC(=O)c1c(COC(=O)CCc2ccsc2)nc2ccccc2c1C. The summed E-state index contributed by atoms with van der Waals surface area (Å²) in [6.07, 6.45) is 0.924. The summed E-state index contributed by atoms with van der Waals surface area (Å²) >= 11 is 1.60. The lowest BCUT2D eigenvalue weighted by molar-refractivity contribution is -0.145. The van der Waals surface area contributed by atoms with Gasteiger partial charge in [-0.05, 0) is 47.4 Å². The number of fused-ring (bicyclic) bond motifs is 1. The van der Waals surface area contributed by atoms with Gasteiger partial charge in [0.15, 0.2) is 0 Å². The first-order chi connectivity index (χ1) is 12.6. The van der Waals surface area contributed by atoms with Gasteiger partial charge < -0.3 is 9.47 Å². The molecule has 26 heavy (non-hydrogen) atoms. The maximum absolute atomic E-state index is 12.2. The molecule has 5 nitrogen and oxygen atoms in total. The van der Waals surface area contributed by atoms with E-state index in [-0.39, 0.29) is 19.0 Å². The molecule has 3 aromatic rings. The highest BCUT2D eigenvalue weighted by atomic mass is 32.1. The van der Waals surface area contributed by atoms with Gasteiger partial charge in [-0.1, -0.05) is 18.2 Å². The fourth-order valence-electron chi connectivity index (χ4n) is 2.82. The van der Waals surface area contributed by atoms with Gasteiger partial charge in [0.05, 0.1) is 23.9 Å². The van der Waals surface area contributed by atoms with E-state index >= 15 is 0 Å². The number of esters is 2. The van der Waals surface area contributed by atoms with Crippen LogP contribution in [0.25, 0.3) is 10.9 Å². The van der Waals surface area contributed by atoms with E-state index in [0.29, 0.717) is 17.7 Å². The number of carbonyl (C=O) groups is 2. The molecule has 0 N–H and O–H groups in total. The molecule has 1 aromatic carbocycles. The van der Waals surface area contributed by atoms with Gasteiger partial charge in [-0.25, -0.2) is 9.78 Å². The number of aryl methyl sites for hydroxylation is 2. The smallest absolute Gasteiger partial charge is 0.340 e. The van der Waals surface area contributed by atoms with Gasteiger partial charge in [0.1, 0.15) is 6.61 Å². The van der Waals surface area contributed by atoms with Crippen LogP contribution in [0.15, 0.2) is 41.1 Å². The molecule has 2 heterocycles. The Morgan fingerprint density at radius 3 is 2.73 bits per heavy atom. The van der Waals surface area contributed by atoms with Gasteiger partial charge in [0.25, 0.3) is 0 Å². The number of para-hydroxylation sites is 1. The molecule has 3 rings (SSSR count). The molecule has 0 aliphatic carbocycles. The highest BCUT2D eigenvalue weighted by Gasteiger charge is 2.20. The zero-order valence-corrected chi connectivity index (χ0v) is 15.5. The molecule has 0 fully saturated rings. The number of thiophene rings is 1. The molecule has 0 bridgehead atoms. The summed E-state index contributed by atoms with van der Waals surface area (Å²) < 4.78 is 10.3. The lowest BCUT2D eigenvalue weighted by atomic mass is 10.0. The first-order valence-electron chi connectivity index (χ1n) is 8.23. The maximum atomic E-state index is 12.2. The summed E-state index contributed by atoms with van der Waals surface area (Å²) in [6.45, 7) is 1.79. The Morgan fingerprint density at radius 2 is 2.00 bits per heavy atom. The zero-order valence-electron chi connectivity index (χ0n) is 14.7. The van der Waals surface area contributed by atoms with Crippen molar-refractivity contribution in [3.63, 3.8) is 0 Å². The molecule has 6 heteroatoms. The predicted octanol–water partition coefficient (Wildman–Crippen LogP) is 4.07. The van der Waals surface area contributed by atoms with Crippen molar-refractivity contribution in [2.24, 2.45) is 0 Å². The Kier molecular flexibility index (Phi) is 5.63. The molecule has 0 amide bonds. The maximum Gasteiger partial charge on any atom is 0.340 e. The van der Waals surface area contributed by atoms with E-state index in [0.717, 1.165) is 22.0 Å². The van der Waals surface area contributed by atoms with Crippen molar-refractivity contribution >= 4 is 34.2 Å². The number of hydrogen-bond acceptors (Lipinski definition) is 6. The summed E-state index contributed by atoms with van der Waals surface area (Å²) in [5.74, 6) is -0.801. The minimum Gasteiger partial charge on any atom is -0.465 e. The Balaban J connectivity index is 1.79. The van der Waals surface area contributed by atoms with Crippen molar-refractivity contribution in [2.45, 2.75) is 26.4 Å². The summed E-state index contributed by atoms with van der Waals surface area (Å²) in [6, 6.07) is 9.53. The van der Waals surface area contributed by atoms with E-state index < -0.39 is 5.97 Å². The van der Waals surface area contributed by atoms with Gasteiger partial charge in [-0.2, -0.15) is 11.3 Å². The molecule has 0 saturated carbocycles. The van der Waals surface area contributed by atoms with Crippen LogP contribution in [0.2, 0.25) is 0 Å². The van der Waals surface area contributed by atoms with Crippen molar-refractivity contribution in [1.82, 2.24) is 4.98 Å². The lowest BCUT2D eigenvalue weighted by Crippen LogP contribution is -2.14. The zero-order chi connectivity index (χ0) is 18.5. The highest BCUT2D eigenvalue weighted by Crippen LogP contribution is 2.24. The molecular formula is C20H19NO4S. The Labute approximate surface area is 155 Å². The van der Waals surface area contributed by atoms with Crippen molar-refractivity contribution in [1.29, 1.82) is 0 Å². The molecule has 134 valence electrons. The van der Waals surface area contributed by atoms with Crippen LogP contribution in [-0.4, -0.2) is 24.0 Å². The van der Waals surface area contributed by atoms with E-state index in [1.54, 1.807) is 11.3 Å². The quantitative estimate of drug-likeness (QED) is 0.613. The summed E-state index contributed by atoms with van der Waals surface area (Å²) in [5, 5.41) is 4.86. The fourth-order valence-corrected chi connectivity index (χ4v) is 3.52. The number of hydrogen-bond donors (Lipinski definition) is 0. The molecule has 0 saturated heterocycles. The average Bonchev–Trinajstić information content (AvgIpc) is 3.18. The van der Waals surface area contributed by atoms with Crippen LogP contribution in [0.1, 0.15) is 33.6 Å². The third-order valence-corrected chi connectivity index (χ3v) is 4.92. The van der Waals surface area contributed by atoms with Crippen LogP contribution in [0.3, 0.4) is 0 Å². The third-order valence-electron chi connectivity index (χ3n) is 4.18. The number of nitrogens with zero attached hydrogens (tertiary/aromatic N) is 1. The van der Waals surface area contributed by atoms with Crippen LogP contribution in [0.5, 0.6) is 0 Å². The number of aromatic nitrogens is 1. The molecular weight excluding hydrogens is 350 g/mol. The standard InChI is InChI=1S/C20H19NO4S/c1-13-15-5-3-4-6-16(15)21-17(19(13)20(23)24-2)11-25-18(22)8-7-14-9-10-26-12-14/h3-6,9-10,12H,7-8,11H2,1-2H3. The molecule has 0 atom stereocenters. The minimum absolute atomic E-state index is 0.0570. The number of rotatable bonds is 6. The lowest BCUT2D eigenvalue weighted by Gasteiger charge is -2.13. The Morgan fingerprint density at radius 1 is 1.19 bits per heavy atom. The van der Waals surface area contributed by atoms with Crippen LogP contribution in [0, 0.1) is 6.92 Å². The van der Waals surface area contributed by atoms with Crippen LogP contribution < -0.4 is 0 Å². The second kappa shape index (κ2) is 8.10. The first-order valence-corrected chi connectivity index (χ1v) is 9.17. The second-order valence-corrected chi connectivity index (χ2v) is 6.64. The monoisotopic (exact) mass is 369 g/mol. The van der Waals surface area contributed by atoms with E-state index in [2.05, 4.69) is 4.98 Å². The summed E-state index contributed by atoms with van der Waals surface area (Å²) in [4.78, 5) is 28.8. The van der Waals surface area contributed by atoms with E-state index in [1.807, 2.05) is 48.0 Å². The average molecular weight is 369 g/mol. The van der Waals surface area contributed by atoms with Gasteiger partial charge in [0, 0.05) is 11.8 Å². The van der Waals surface area contributed by atoms with Crippen molar-refractivity contribution in [3.8, 4) is 0 Å². The molecule has 0 aliphatic rings. The van der Waals surface area contributed by atoms with Gasteiger partial charge in [0.2, 0.25) is 0 Å². The van der Waals surface area contributed by atoms with Gasteiger partial charge >= 0.3 is 11.9 Å². The Bertz CT molecular complexity index is 934. The minimum atomic E-state index is -0.481. The molecule has 0 spiro atoms. The molecule has 0 aliphatic heterocycles. The van der Waals surface area contributed by atoms with Crippen molar-refractivity contribution < 1.29 is 19.1 Å². The van der Waals surface area contributed by atoms with Crippen LogP contribution in [0.4, 0.5) is 0 Å². The van der Waals surface area contributed by atoms with Gasteiger partial charge in [-0.3, -0.25) is 4.79 Å². The van der Waals surface area contributed by atoms with Gasteiger partial charge in [-0.15, -0.1) is 0 Å². The third kappa shape index (κ3) is 3.91. The van der Waals surface area contributed by atoms with E-state index in [1.165, 1.54) is 7.11 Å². The van der Waals surface area contributed by atoms with Crippen LogP contribution >= 0.6 is 11.3 Å². The van der Waals surface area contributed by atoms with E-state index in [4.69, 9.17) is 9.47 Å². The Hall–Kier alpha value is -2.73. The van der Waals surface area contributed by atoms with Crippen molar-refractivity contribution in [2.75, 3.05) is 7.11 Å². The fraction of sp³-hybridized carbons (Fsp3) is 0.250. The number of benzene rings is 1. The summed E-state index contributed by atoms with van der Waals surface area (Å²) in [5.41, 5.74) is 3.41. The summed E-state index contributed by atoms with van der Waals surface area (Å²) in [7, 11) is 1.33. The predicted molar refractivity (Wildman–Crippen MR) is 100 cm³/mol. The molecule has 0 radical (unpaired) electrons. The highest BCUT2D eigenvalue weighted by molar-refractivity contribution is 7.07. The number of ether oxygens (including phenoxy) is 2. The first kappa shape index (κ1) is 18.1. The van der Waals surface area contributed by atoms with Crippen molar-refractivity contribution in [3.05, 3.63) is 63.5 Å². The van der Waals surface area contributed by atoms with E-state index in [9.17, 15) is 9.59 Å². The normalized spacial score (nSPS) is 10.7. The topological polar surface area (TPSA) is 65.5 Å². The number of methoxy groups -OCH3 is 1. The number of carbonyl (C=O) groups excluding carboxylic acids is 2. The number of pyridine rings is 1. The second-order valence-electron chi connectivity index (χ2n) is 5.86.